The van der Waals surface area contributed by atoms with Crippen molar-refractivity contribution in [2.75, 3.05) is 12.3 Å². The first-order valence-electron chi connectivity index (χ1n) is 12.8. The Hall–Kier alpha value is -3.25. The summed E-state index contributed by atoms with van der Waals surface area (Å²) in [5, 5.41) is 11.6. The first-order chi connectivity index (χ1) is 17.9. The molecule has 4 aromatic rings. The molecule has 1 aliphatic rings. The number of aryl methyl sites for hydroxylation is 1. The fourth-order valence-electron chi connectivity index (χ4n) is 5.82. The standard InChI is InChI=1S/C32H33NO3S/c1-25-19-21-29(22-20-25)37(35,36)24-31(34)30-18-11-23-33(30)32(26-12-5-2-6-13-26,27-14-7-3-8-15-27)28-16-9-4-10-17-28/h2-10,12-17,19-22,30-31,34H,11,18,23-24H2,1H3/t30-,31+/m0/s1. The number of nitrogens with zero attached hydrogens (tertiary/aromatic N) is 1. The minimum Gasteiger partial charge on any atom is -0.390 e. The first kappa shape index (κ1) is 25.4. The zero-order chi connectivity index (χ0) is 25.9. The molecule has 1 N–H and O–H groups in total. The predicted octanol–water partition coefficient (Wildman–Crippen LogP) is 5.59. The molecule has 4 aromatic carbocycles. The van der Waals surface area contributed by atoms with Crippen LogP contribution in [-0.4, -0.2) is 42.9 Å². The Morgan fingerprint density at radius 2 is 1.24 bits per heavy atom. The summed E-state index contributed by atoms with van der Waals surface area (Å²) < 4.78 is 26.6. The van der Waals surface area contributed by atoms with E-state index in [1.807, 2.05) is 61.5 Å². The van der Waals surface area contributed by atoms with Crippen LogP contribution in [0.2, 0.25) is 0 Å². The van der Waals surface area contributed by atoms with Crippen molar-refractivity contribution < 1.29 is 13.5 Å². The minimum absolute atomic E-state index is 0.252. The van der Waals surface area contributed by atoms with Crippen LogP contribution >= 0.6 is 0 Å². The summed E-state index contributed by atoms with van der Waals surface area (Å²) in [5.41, 5.74) is 3.59. The summed E-state index contributed by atoms with van der Waals surface area (Å²) in [6.45, 7) is 2.67. The van der Waals surface area contributed by atoms with E-state index in [1.54, 1.807) is 24.3 Å². The quantitative estimate of drug-likeness (QED) is 0.314. The second-order valence-corrected chi connectivity index (χ2v) is 11.9. The summed E-state index contributed by atoms with van der Waals surface area (Å²) in [5.74, 6) is -0.314. The topological polar surface area (TPSA) is 57.6 Å². The average Bonchev–Trinajstić information content (AvgIpc) is 3.42. The lowest BCUT2D eigenvalue weighted by Crippen LogP contribution is -2.54. The number of aliphatic hydroxyl groups is 1. The maximum atomic E-state index is 13.3. The Kier molecular flexibility index (Phi) is 7.29. The molecule has 0 aliphatic carbocycles. The van der Waals surface area contributed by atoms with Crippen LogP contribution in [0.3, 0.4) is 0 Å². The van der Waals surface area contributed by atoms with Crippen molar-refractivity contribution in [2.24, 2.45) is 0 Å². The van der Waals surface area contributed by atoms with E-state index in [4.69, 9.17) is 0 Å². The summed E-state index contributed by atoms with van der Waals surface area (Å²) in [6, 6.07) is 37.6. The van der Waals surface area contributed by atoms with Crippen LogP contribution in [0.1, 0.15) is 35.1 Å². The molecule has 0 amide bonds. The molecule has 1 aliphatic heterocycles. The Balaban J connectivity index is 1.62. The number of hydrogen-bond acceptors (Lipinski definition) is 4. The van der Waals surface area contributed by atoms with Crippen LogP contribution in [-0.2, 0) is 15.4 Å². The third-order valence-electron chi connectivity index (χ3n) is 7.52. The smallest absolute Gasteiger partial charge is 0.180 e. The van der Waals surface area contributed by atoms with Crippen molar-refractivity contribution in [3.8, 4) is 0 Å². The summed E-state index contributed by atoms with van der Waals surface area (Å²) in [6.07, 6.45) is 0.559. The van der Waals surface area contributed by atoms with Gasteiger partial charge >= 0.3 is 0 Å². The van der Waals surface area contributed by atoms with Gasteiger partial charge in [0, 0.05) is 12.6 Å². The molecule has 1 heterocycles. The highest BCUT2D eigenvalue weighted by atomic mass is 32.2. The largest absolute Gasteiger partial charge is 0.390 e. The molecule has 0 unspecified atom stereocenters. The van der Waals surface area contributed by atoms with Crippen molar-refractivity contribution in [3.05, 3.63) is 138 Å². The molecule has 1 fully saturated rings. The Morgan fingerprint density at radius 1 is 0.784 bits per heavy atom. The normalized spacial score (nSPS) is 17.5. The molecule has 1 saturated heterocycles. The number of sulfone groups is 1. The van der Waals surface area contributed by atoms with Gasteiger partial charge < -0.3 is 5.11 Å². The number of benzene rings is 4. The van der Waals surface area contributed by atoms with Gasteiger partial charge in [-0.05, 0) is 48.6 Å². The molecule has 37 heavy (non-hydrogen) atoms. The molecular formula is C32H33NO3S. The maximum absolute atomic E-state index is 13.3. The zero-order valence-electron chi connectivity index (χ0n) is 21.1. The van der Waals surface area contributed by atoms with E-state index in [9.17, 15) is 13.5 Å². The molecule has 5 heteroatoms. The Morgan fingerprint density at radius 3 is 1.70 bits per heavy atom. The number of aliphatic hydroxyl groups excluding tert-OH is 1. The second kappa shape index (κ2) is 10.6. The average molecular weight is 512 g/mol. The number of hydrogen-bond donors (Lipinski definition) is 1. The van der Waals surface area contributed by atoms with E-state index >= 15 is 0 Å². The third-order valence-corrected chi connectivity index (χ3v) is 9.29. The van der Waals surface area contributed by atoms with Crippen LogP contribution in [0.5, 0.6) is 0 Å². The fourth-order valence-corrected chi connectivity index (χ4v) is 7.24. The van der Waals surface area contributed by atoms with E-state index in [1.165, 1.54) is 0 Å². The summed E-state index contributed by atoms with van der Waals surface area (Å²) in [4.78, 5) is 2.59. The number of likely N-dealkylation sites (tertiary alicyclic amines) is 1. The molecule has 190 valence electrons. The highest BCUT2D eigenvalue weighted by Crippen LogP contribution is 2.46. The van der Waals surface area contributed by atoms with Crippen molar-refractivity contribution in [1.29, 1.82) is 0 Å². The van der Waals surface area contributed by atoms with Crippen molar-refractivity contribution in [3.63, 3.8) is 0 Å². The summed E-state index contributed by atoms with van der Waals surface area (Å²) in [7, 11) is -3.65. The van der Waals surface area contributed by atoms with Crippen molar-refractivity contribution >= 4 is 9.84 Å². The van der Waals surface area contributed by atoms with Crippen LogP contribution in [0.4, 0.5) is 0 Å². The van der Waals surface area contributed by atoms with E-state index in [0.29, 0.717) is 0 Å². The Bertz CT molecular complexity index is 1310. The Labute approximate surface area is 220 Å². The van der Waals surface area contributed by atoms with Gasteiger partial charge in [-0.3, -0.25) is 4.90 Å². The molecule has 5 rings (SSSR count). The maximum Gasteiger partial charge on any atom is 0.180 e. The van der Waals surface area contributed by atoms with E-state index < -0.39 is 21.5 Å². The molecule has 0 spiro atoms. The van der Waals surface area contributed by atoms with Gasteiger partial charge in [-0.15, -0.1) is 0 Å². The fraction of sp³-hybridized carbons (Fsp3) is 0.250. The lowest BCUT2D eigenvalue weighted by molar-refractivity contribution is 0.0451. The minimum atomic E-state index is -3.65. The lowest BCUT2D eigenvalue weighted by Gasteiger charge is -2.47. The second-order valence-electron chi connectivity index (χ2n) is 9.87. The molecule has 0 radical (unpaired) electrons. The number of rotatable bonds is 8. The molecular weight excluding hydrogens is 478 g/mol. The van der Waals surface area contributed by atoms with Gasteiger partial charge in [0.2, 0.25) is 0 Å². The monoisotopic (exact) mass is 511 g/mol. The molecule has 0 aromatic heterocycles. The van der Waals surface area contributed by atoms with E-state index in [2.05, 4.69) is 41.3 Å². The zero-order valence-corrected chi connectivity index (χ0v) is 21.9. The summed E-state index contributed by atoms with van der Waals surface area (Å²) >= 11 is 0. The highest BCUT2D eigenvalue weighted by molar-refractivity contribution is 7.91. The highest BCUT2D eigenvalue weighted by Gasteiger charge is 2.49. The lowest BCUT2D eigenvalue weighted by atomic mass is 9.75. The van der Waals surface area contributed by atoms with E-state index in [-0.39, 0.29) is 16.7 Å². The van der Waals surface area contributed by atoms with Crippen molar-refractivity contribution in [2.45, 2.75) is 42.3 Å². The van der Waals surface area contributed by atoms with Gasteiger partial charge in [0.05, 0.1) is 22.3 Å². The molecule has 0 bridgehead atoms. The van der Waals surface area contributed by atoms with Gasteiger partial charge in [-0.2, -0.15) is 0 Å². The van der Waals surface area contributed by atoms with Crippen LogP contribution in [0.15, 0.2) is 120 Å². The van der Waals surface area contributed by atoms with Gasteiger partial charge in [0.1, 0.15) is 0 Å². The van der Waals surface area contributed by atoms with Gasteiger partial charge in [0.15, 0.2) is 9.84 Å². The van der Waals surface area contributed by atoms with Crippen molar-refractivity contribution in [1.82, 2.24) is 4.90 Å². The molecule has 2 atom stereocenters. The molecule has 4 nitrogen and oxygen atoms in total. The predicted molar refractivity (Wildman–Crippen MR) is 148 cm³/mol. The third kappa shape index (κ3) is 4.87. The van der Waals surface area contributed by atoms with E-state index in [0.717, 1.165) is 41.6 Å². The first-order valence-corrected chi connectivity index (χ1v) is 14.5. The van der Waals surface area contributed by atoms with Gasteiger partial charge in [-0.1, -0.05) is 109 Å². The van der Waals surface area contributed by atoms with Gasteiger partial charge in [0.25, 0.3) is 0 Å². The molecule has 0 saturated carbocycles. The van der Waals surface area contributed by atoms with Gasteiger partial charge in [-0.25, -0.2) is 8.42 Å². The SMILES string of the molecule is Cc1ccc(S(=O)(=O)C[C@@H](O)[C@@H]2CCCN2C(c2ccccc2)(c2ccccc2)c2ccccc2)cc1. The van der Waals surface area contributed by atoms with Crippen LogP contribution < -0.4 is 0 Å². The van der Waals surface area contributed by atoms with Crippen LogP contribution in [0.25, 0.3) is 0 Å². The van der Waals surface area contributed by atoms with Crippen LogP contribution in [0, 0.1) is 6.92 Å².